The van der Waals surface area contributed by atoms with Crippen molar-refractivity contribution in [2.75, 3.05) is 5.32 Å². The zero-order chi connectivity index (χ0) is 17.8. The van der Waals surface area contributed by atoms with Crippen LogP contribution in [0.4, 0.5) is 17.3 Å². The predicted molar refractivity (Wildman–Crippen MR) is 98.7 cm³/mol. The SMILES string of the molecule is Cc1cnc(Nc2cccc([N+](=O)[O-])c2)nc1Sc1cccc(Cl)c1. The Kier molecular flexibility index (Phi) is 5.16. The number of anilines is 2. The topological polar surface area (TPSA) is 81.0 Å². The van der Waals surface area contributed by atoms with Gasteiger partial charge in [0.15, 0.2) is 0 Å². The van der Waals surface area contributed by atoms with E-state index < -0.39 is 4.92 Å². The molecular formula is C17H13ClN4O2S. The van der Waals surface area contributed by atoms with Gasteiger partial charge in [0, 0.05) is 39.5 Å². The molecule has 1 aromatic heterocycles. The van der Waals surface area contributed by atoms with Crippen LogP contribution in [0.15, 0.2) is 64.6 Å². The lowest BCUT2D eigenvalue weighted by atomic mass is 10.3. The Morgan fingerprint density at radius 3 is 2.76 bits per heavy atom. The van der Waals surface area contributed by atoms with Crippen LogP contribution in [0.3, 0.4) is 0 Å². The normalized spacial score (nSPS) is 10.5. The molecule has 6 nitrogen and oxygen atoms in total. The van der Waals surface area contributed by atoms with Crippen LogP contribution in [0.5, 0.6) is 0 Å². The Morgan fingerprint density at radius 2 is 2.00 bits per heavy atom. The van der Waals surface area contributed by atoms with Crippen molar-refractivity contribution in [1.82, 2.24) is 9.97 Å². The van der Waals surface area contributed by atoms with Crippen molar-refractivity contribution in [2.45, 2.75) is 16.8 Å². The molecule has 0 amide bonds. The fraction of sp³-hybridized carbons (Fsp3) is 0.0588. The van der Waals surface area contributed by atoms with Crippen molar-refractivity contribution < 1.29 is 4.92 Å². The lowest BCUT2D eigenvalue weighted by molar-refractivity contribution is -0.384. The average Bonchev–Trinajstić information content (AvgIpc) is 2.58. The molecule has 0 aliphatic rings. The molecule has 0 spiro atoms. The molecule has 0 bridgehead atoms. The Balaban J connectivity index is 1.84. The zero-order valence-corrected chi connectivity index (χ0v) is 14.7. The van der Waals surface area contributed by atoms with Gasteiger partial charge in [0.25, 0.3) is 5.69 Å². The first-order chi connectivity index (χ1) is 12.0. The maximum absolute atomic E-state index is 10.9. The van der Waals surface area contributed by atoms with Crippen LogP contribution >= 0.6 is 23.4 Å². The molecule has 8 heteroatoms. The van der Waals surface area contributed by atoms with Gasteiger partial charge in [-0.3, -0.25) is 10.1 Å². The van der Waals surface area contributed by atoms with Crippen molar-refractivity contribution in [2.24, 2.45) is 0 Å². The number of halogens is 1. The number of hydrogen-bond acceptors (Lipinski definition) is 6. The predicted octanol–water partition coefficient (Wildman–Crippen LogP) is 5.24. The van der Waals surface area contributed by atoms with Gasteiger partial charge in [-0.05, 0) is 31.2 Å². The number of nitro groups is 1. The van der Waals surface area contributed by atoms with Gasteiger partial charge in [-0.1, -0.05) is 35.5 Å². The van der Waals surface area contributed by atoms with Crippen molar-refractivity contribution in [3.8, 4) is 0 Å². The summed E-state index contributed by atoms with van der Waals surface area (Å²) in [5.41, 5.74) is 1.48. The lowest BCUT2D eigenvalue weighted by Crippen LogP contribution is -2.00. The summed E-state index contributed by atoms with van der Waals surface area (Å²) in [5, 5.41) is 15.3. The lowest BCUT2D eigenvalue weighted by Gasteiger charge is -2.09. The Morgan fingerprint density at radius 1 is 1.20 bits per heavy atom. The second-order valence-electron chi connectivity index (χ2n) is 5.17. The first kappa shape index (κ1) is 17.2. The smallest absolute Gasteiger partial charge is 0.271 e. The number of hydrogen-bond donors (Lipinski definition) is 1. The number of aromatic nitrogens is 2. The third kappa shape index (κ3) is 4.46. The third-order valence-corrected chi connectivity index (χ3v) is 4.58. The Hall–Kier alpha value is -2.64. The minimum Gasteiger partial charge on any atom is -0.324 e. The Bertz CT molecular complexity index is 936. The minimum absolute atomic E-state index is 0.00522. The molecule has 0 saturated carbocycles. The molecule has 0 fully saturated rings. The fourth-order valence-electron chi connectivity index (χ4n) is 2.06. The number of aryl methyl sites for hydroxylation is 1. The van der Waals surface area contributed by atoms with Gasteiger partial charge in [-0.15, -0.1) is 0 Å². The third-order valence-electron chi connectivity index (χ3n) is 3.25. The molecule has 126 valence electrons. The molecule has 0 aliphatic heterocycles. The molecule has 3 aromatic rings. The zero-order valence-electron chi connectivity index (χ0n) is 13.1. The largest absolute Gasteiger partial charge is 0.324 e. The molecule has 0 saturated heterocycles. The van der Waals surface area contributed by atoms with E-state index in [4.69, 9.17) is 11.6 Å². The van der Waals surface area contributed by atoms with Crippen LogP contribution in [-0.4, -0.2) is 14.9 Å². The van der Waals surface area contributed by atoms with E-state index in [1.807, 2.05) is 31.2 Å². The van der Waals surface area contributed by atoms with Crippen molar-refractivity contribution in [3.05, 3.63) is 75.4 Å². The van der Waals surface area contributed by atoms with Gasteiger partial charge in [0.1, 0.15) is 5.03 Å². The summed E-state index contributed by atoms with van der Waals surface area (Å²) in [6, 6.07) is 13.7. The summed E-state index contributed by atoms with van der Waals surface area (Å²) in [6.07, 6.45) is 1.71. The summed E-state index contributed by atoms with van der Waals surface area (Å²) in [4.78, 5) is 20.1. The van der Waals surface area contributed by atoms with Gasteiger partial charge in [-0.2, -0.15) is 0 Å². The Labute approximate surface area is 153 Å². The fourth-order valence-corrected chi connectivity index (χ4v) is 3.21. The monoisotopic (exact) mass is 372 g/mol. The van der Waals surface area contributed by atoms with E-state index in [0.29, 0.717) is 16.7 Å². The molecule has 3 rings (SSSR count). The number of rotatable bonds is 5. The quantitative estimate of drug-likeness (QED) is 0.374. The van der Waals surface area contributed by atoms with Crippen molar-refractivity contribution >= 4 is 40.7 Å². The minimum atomic E-state index is -0.443. The highest BCUT2D eigenvalue weighted by Crippen LogP contribution is 2.31. The molecule has 0 aliphatic carbocycles. The highest BCUT2D eigenvalue weighted by Gasteiger charge is 2.09. The maximum atomic E-state index is 10.9. The van der Waals surface area contributed by atoms with E-state index >= 15 is 0 Å². The number of benzene rings is 2. The second kappa shape index (κ2) is 7.50. The second-order valence-corrected chi connectivity index (χ2v) is 6.67. The van der Waals surface area contributed by atoms with E-state index in [1.54, 1.807) is 18.3 Å². The summed E-state index contributed by atoms with van der Waals surface area (Å²) < 4.78 is 0. The standard InChI is InChI=1S/C17H13ClN4O2S/c1-11-10-19-17(20-13-5-3-6-14(9-13)22(23)24)21-16(11)25-15-7-2-4-12(18)8-15/h2-10H,1H3,(H,19,20,21). The number of nitrogens with zero attached hydrogens (tertiary/aromatic N) is 3. The van der Waals surface area contributed by atoms with E-state index in [0.717, 1.165) is 15.5 Å². The highest BCUT2D eigenvalue weighted by atomic mass is 35.5. The summed E-state index contributed by atoms with van der Waals surface area (Å²) >= 11 is 7.49. The van der Waals surface area contributed by atoms with Crippen molar-refractivity contribution in [1.29, 1.82) is 0 Å². The highest BCUT2D eigenvalue weighted by molar-refractivity contribution is 7.99. The molecular weight excluding hydrogens is 360 g/mol. The molecule has 0 atom stereocenters. The van der Waals surface area contributed by atoms with Crippen LogP contribution in [0.2, 0.25) is 5.02 Å². The van der Waals surface area contributed by atoms with Crippen molar-refractivity contribution in [3.63, 3.8) is 0 Å². The van der Waals surface area contributed by atoms with Gasteiger partial charge in [-0.25, -0.2) is 9.97 Å². The van der Waals surface area contributed by atoms with E-state index in [1.165, 1.54) is 23.9 Å². The van der Waals surface area contributed by atoms with Crippen LogP contribution in [0.25, 0.3) is 0 Å². The summed E-state index contributed by atoms with van der Waals surface area (Å²) in [7, 11) is 0. The van der Waals surface area contributed by atoms with Gasteiger partial charge >= 0.3 is 0 Å². The summed E-state index contributed by atoms with van der Waals surface area (Å²) in [6.45, 7) is 1.92. The van der Waals surface area contributed by atoms with Crippen LogP contribution < -0.4 is 5.32 Å². The maximum Gasteiger partial charge on any atom is 0.271 e. The van der Waals surface area contributed by atoms with E-state index in [-0.39, 0.29) is 5.69 Å². The van der Waals surface area contributed by atoms with Crippen LogP contribution in [0, 0.1) is 17.0 Å². The van der Waals surface area contributed by atoms with Crippen LogP contribution in [-0.2, 0) is 0 Å². The molecule has 0 unspecified atom stereocenters. The number of non-ortho nitro benzene ring substituents is 1. The van der Waals surface area contributed by atoms with Gasteiger partial charge in [0.2, 0.25) is 5.95 Å². The van der Waals surface area contributed by atoms with Gasteiger partial charge < -0.3 is 5.32 Å². The summed E-state index contributed by atoms with van der Waals surface area (Å²) in [5.74, 6) is 0.371. The molecule has 25 heavy (non-hydrogen) atoms. The van der Waals surface area contributed by atoms with E-state index in [2.05, 4.69) is 15.3 Å². The average molecular weight is 373 g/mol. The van der Waals surface area contributed by atoms with E-state index in [9.17, 15) is 10.1 Å². The van der Waals surface area contributed by atoms with Gasteiger partial charge in [0.05, 0.1) is 4.92 Å². The molecule has 1 N–H and O–H groups in total. The van der Waals surface area contributed by atoms with Crippen LogP contribution in [0.1, 0.15) is 5.56 Å². The molecule has 2 aromatic carbocycles. The number of nitro benzene ring substituents is 1. The first-order valence-electron chi connectivity index (χ1n) is 7.30. The molecule has 1 heterocycles. The molecule has 0 radical (unpaired) electrons. The number of nitrogens with one attached hydrogen (secondary N) is 1. The first-order valence-corrected chi connectivity index (χ1v) is 8.49.